The number of nitrogens with one attached hydrogen (secondary N) is 2. The predicted octanol–water partition coefficient (Wildman–Crippen LogP) is 4.24. The number of sulfone groups is 2. The average molecular weight is 523 g/mol. The second-order valence-electron chi connectivity index (χ2n) is 7.74. The first kappa shape index (κ1) is 25.5. The fourth-order valence-corrected chi connectivity index (χ4v) is 5.10. The van der Waals surface area contributed by atoms with Crippen LogP contribution in [0, 0.1) is 6.92 Å². The van der Waals surface area contributed by atoms with Crippen LogP contribution in [0.5, 0.6) is 5.75 Å². The third kappa shape index (κ3) is 5.69. The summed E-state index contributed by atoms with van der Waals surface area (Å²) in [6.45, 7) is 3.31. The largest absolute Gasteiger partial charge is 0.506 e. The van der Waals surface area contributed by atoms with Crippen molar-refractivity contribution in [3.8, 4) is 5.75 Å². The van der Waals surface area contributed by atoms with E-state index in [4.69, 9.17) is 11.6 Å². The molecule has 0 heterocycles. The van der Waals surface area contributed by atoms with Crippen LogP contribution in [-0.4, -0.2) is 39.5 Å². The highest BCUT2D eigenvalue weighted by atomic mass is 35.5. The Balaban J connectivity index is 1.78. The van der Waals surface area contributed by atoms with Crippen molar-refractivity contribution in [2.24, 2.45) is 0 Å². The zero-order chi connectivity index (χ0) is 25.3. The fourth-order valence-electron chi connectivity index (χ4n) is 3.05. The van der Waals surface area contributed by atoms with Crippen LogP contribution in [0.2, 0.25) is 5.02 Å². The van der Waals surface area contributed by atoms with Crippen molar-refractivity contribution in [2.45, 2.75) is 29.0 Å². The van der Waals surface area contributed by atoms with Gasteiger partial charge in [-0.05, 0) is 56.3 Å². The number of amides is 1. The molecule has 0 fully saturated rings. The summed E-state index contributed by atoms with van der Waals surface area (Å²) >= 11 is 6.28. The number of phenolic OH excluding ortho intramolecular Hbond substituents is 1. The molecule has 0 saturated carbocycles. The van der Waals surface area contributed by atoms with Gasteiger partial charge in [-0.1, -0.05) is 29.3 Å². The summed E-state index contributed by atoms with van der Waals surface area (Å²) in [7, 11) is -7.13. The number of hydrogen-bond acceptors (Lipinski definition) is 7. The molecule has 1 atom stereocenters. The Morgan fingerprint density at radius 2 is 1.47 bits per heavy atom. The highest BCUT2D eigenvalue weighted by Gasteiger charge is 2.24. The van der Waals surface area contributed by atoms with Gasteiger partial charge in [0.05, 0.1) is 26.2 Å². The third-order valence-corrected chi connectivity index (χ3v) is 8.47. The predicted molar refractivity (Wildman–Crippen MR) is 132 cm³/mol. The second-order valence-corrected chi connectivity index (χ2v) is 12.4. The van der Waals surface area contributed by atoms with Gasteiger partial charge in [-0.2, -0.15) is 0 Å². The second kappa shape index (κ2) is 9.65. The van der Waals surface area contributed by atoms with Crippen molar-refractivity contribution in [2.75, 3.05) is 16.9 Å². The molecule has 11 heteroatoms. The first-order valence-corrected chi connectivity index (χ1v) is 13.8. The summed E-state index contributed by atoms with van der Waals surface area (Å²) in [5.41, 5.74) is 1.26. The topological polar surface area (TPSA) is 130 Å². The molecule has 3 rings (SSSR count). The van der Waals surface area contributed by atoms with Crippen LogP contribution in [0.3, 0.4) is 0 Å². The molecule has 0 aromatic heterocycles. The van der Waals surface area contributed by atoms with E-state index < -0.39 is 31.0 Å². The zero-order valence-corrected chi connectivity index (χ0v) is 20.9. The highest BCUT2D eigenvalue weighted by molar-refractivity contribution is 7.92. The molecule has 0 bridgehead atoms. The van der Waals surface area contributed by atoms with E-state index in [1.54, 1.807) is 12.1 Å². The molecule has 0 saturated heterocycles. The number of carbonyl (C=O) groups excluding carboxylic acids is 1. The van der Waals surface area contributed by atoms with E-state index in [2.05, 4.69) is 10.6 Å². The van der Waals surface area contributed by atoms with E-state index in [1.807, 2.05) is 6.92 Å². The van der Waals surface area contributed by atoms with Crippen molar-refractivity contribution >= 4 is 48.6 Å². The van der Waals surface area contributed by atoms with Crippen molar-refractivity contribution in [1.29, 1.82) is 0 Å². The van der Waals surface area contributed by atoms with E-state index in [0.29, 0.717) is 0 Å². The van der Waals surface area contributed by atoms with Crippen LogP contribution < -0.4 is 10.6 Å². The number of aryl methyl sites for hydroxylation is 1. The van der Waals surface area contributed by atoms with Crippen molar-refractivity contribution in [1.82, 2.24) is 0 Å². The number of aromatic hydroxyl groups is 1. The van der Waals surface area contributed by atoms with Crippen molar-refractivity contribution in [3.05, 3.63) is 76.8 Å². The van der Waals surface area contributed by atoms with Crippen LogP contribution in [0.25, 0.3) is 0 Å². The number of anilines is 2. The lowest BCUT2D eigenvalue weighted by Gasteiger charge is -2.18. The standard InChI is InChI=1S/C23H23ClN2O6S2/c1-14-4-8-18(9-5-14)34(31,32)15(2)25-20-13-22(27)21(12-19(20)24)26-23(28)16-6-10-17(11-7-16)33(3,29)30/h4-13,15,25,27H,1-3H3,(H,26,28). The Bertz CT molecular complexity index is 1440. The zero-order valence-electron chi connectivity index (χ0n) is 18.5. The number of benzene rings is 3. The Labute approximate surface area is 203 Å². The van der Waals surface area contributed by atoms with E-state index in [-0.39, 0.29) is 37.5 Å². The lowest BCUT2D eigenvalue weighted by molar-refractivity contribution is 0.102. The van der Waals surface area contributed by atoms with Crippen LogP contribution >= 0.6 is 11.6 Å². The first-order valence-electron chi connectivity index (χ1n) is 10.00. The maximum absolute atomic E-state index is 12.8. The van der Waals surface area contributed by atoms with Gasteiger partial charge in [0.15, 0.2) is 19.7 Å². The van der Waals surface area contributed by atoms with Gasteiger partial charge in [0.1, 0.15) is 11.1 Å². The van der Waals surface area contributed by atoms with Crippen molar-refractivity contribution < 1.29 is 26.7 Å². The van der Waals surface area contributed by atoms with Gasteiger partial charge in [0.25, 0.3) is 5.91 Å². The van der Waals surface area contributed by atoms with Gasteiger partial charge in [0.2, 0.25) is 0 Å². The summed E-state index contributed by atoms with van der Waals surface area (Å²) < 4.78 is 48.8. The Morgan fingerprint density at radius 3 is 2.03 bits per heavy atom. The third-order valence-electron chi connectivity index (χ3n) is 5.05. The minimum Gasteiger partial charge on any atom is -0.506 e. The monoisotopic (exact) mass is 522 g/mol. The van der Waals surface area contributed by atoms with E-state index in [1.165, 1.54) is 55.5 Å². The van der Waals surface area contributed by atoms with Crippen LogP contribution in [0.15, 0.2) is 70.5 Å². The molecular formula is C23H23ClN2O6S2. The molecular weight excluding hydrogens is 500 g/mol. The van der Waals surface area contributed by atoms with Gasteiger partial charge in [0, 0.05) is 17.9 Å². The minimum atomic E-state index is -3.73. The molecule has 3 N–H and O–H groups in total. The Morgan fingerprint density at radius 1 is 0.912 bits per heavy atom. The van der Waals surface area contributed by atoms with Gasteiger partial charge in [-0.15, -0.1) is 0 Å². The number of halogens is 1. The molecule has 0 spiro atoms. The van der Waals surface area contributed by atoms with Crippen LogP contribution in [0.4, 0.5) is 11.4 Å². The molecule has 0 radical (unpaired) electrons. The van der Waals surface area contributed by atoms with Crippen molar-refractivity contribution in [3.63, 3.8) is 0 Å². The first-order chi connectivity index (χ1) is 15.8. The van der Waals surface area contributed by atoms with E-state index in [9.17, 15) is 26.7 Å². The molecule has 1 amide bonds. The van der Waals surface area contributed by atoms with E-state index in [0.717, 1.165) is 11.8 Å². The lowest BCUT2D eigenvalue weighted by Crippen LogP contribution is -2.26. The molecule has 180 valence electrons. The molecule has 8 nitrogen and oxygen atoms in total. The quantitative estimate of drug-likeness (QED) is 0.395. The van der Waals surface area contributed by atoms with Crippen LogP contribution in [0.1, 0.15) is 22.8 Å². The molecule has 1 unspecified atom stereocenters. The summed E-state index contributed by atoms with van der Waals surface area (Å²) in [5, 5.41) is 14.7. The molecule has 0 aliphatic rings. The number of phenols is 1. The summed E-state index contributed by atoms with van der Waals surface area (Å²) in [6.07, 6.45) is 1.06. The Hall–Kier alpha value is -3.08. The average Bonchev–Trinajstić information content (AvgIpc) is 2.76. The minimum absolute atomic E-state index is 0.00165. The molecule has 0 aliphatic heterocycles. The Kier molecular flexibility index (Phi) is 7.25. The SMILES string of the molecule is Cc1ccc(S(=O)(=O)C(C)Nc2cc(O)c(NC(=O)c3ccc(S(C)(=O)=O)cc3)cc2Cl)cc1. The molecule has 3 aromatic carbocycles. The number of hydrogen-bond donors (Lipinski definition) is 3. The normalized spacial score (nSPS) is 12.7. The molecule has 3 aromatic rings. The number of rotatable bonds is 7. The van der Waals surface area contributed by atoms with Gasteiger partial charge in [-0.25, -0.2) is 16.8 Å². The molecule has 34 heavy (non-hydrogen) atoms. The maximum Gasteiger partial charge on any atom is 0.255 e. The summed E-state index contributed by atoms with van der Waals surface area (Å²) in [4.78, 5) is 12.7. The summed E-state index contributed by atoms with van der Waals surface area (Å²) in [6, 6.07) is 14.2. The highest BCUT2D eigenvalue weighted by Crippen LogP contribution is 2.35. The van der Waals surface area contributed by atoms with Crippen LogP contribution in [-0.2, 0) is 19.7 Å². The smallest absolute Gasteiger partial charge is 0.255 e. The van der Waals surface area contributed by atoms with Gasteiger partial charge >= 0.3 is 0 Å². The van der Waals surface area contributed by atoms with Gasteiger partial charge in [-0.3, -0.25) is 4.79 Å². The maximum atomic E-state index is 12.8. The fraction of sp³-hybridized carbons (Fsp3) is 0.174. The summed E-state index contributed by atoms with van der Waals surface area (Å²) in [5.74, 6) is -0.935. The number of carbonyl (C=O) groups is 1. The lowest BCUT2D eigenvalue weighted by atomic mass is 10.2. The van der Waals surface area contributed by atoms with Gasteiger partial charge < -0.3 is 15.7 Å². The van der Waals surface area contributed by atoms with E-state index >= 15 is 0 Å². The molecule has 0 aliphatic carbocycles.